The van der Waals surface area contributed by atoms with Gasteiger partial charge in [0.15, 0.2) is 0 Å². The van der Waals surface area contributed by atoms with Crippen LogP contribution in [0.25, 0.3) is 0 Å². The molecule has 0 bridgehead atoms. The summed E-state index contributed by atoms with van der Waals surface area (Å²) in [5.41, 5.74) is 16.6. The first-order valence-corrected chi connectivity index (χ1v) is 24.7. The minimum Gasteiger partial charge on any atom is -0.458 e. The van der Waals surface area contributed by atoms with Crippen molar-refractivity contribution in [3.05, 3.63) is 230 Å². The van der Waals surface area contributed by atoms with Gasteiger partial charge in [0.2, 0.25) is 11.8 Å². The molecule has 9 heteroatoms. The SMILES string of the molecule is CC(C)(C)c1cc2c3c(c1)N(c1ccccc1)c1cc(N(c4ccccc4)c4ccccc4)ccc1B3c1cc3c(nc1O2)Oc1cc(N(c2ccccc2)c2ccccc2)cc2c1B3c1ccccc1O2. The van der Waals surface area contributed by atoms with Gasteiger partial charge in [-0.2, -0.15) is 4.98 Å². The van der Waals surface area contributed by atoms with Crippen LogP contribution >= 0.6 is 0 Å². The molecule has 9 aromatic carbocycles. The molecule has 5 heterocycles. The van der Waals surface area contributed by atoms with Crippen molar-refractivity contribution in [2.24, 2.45) is 0 Å². The van der Waals surface area contributed by atoms with Gasteiger partial charge in [0.05, 0.1) is 5.69 Å². The van der Waals surface area contributed by atoms with Gasteiger partial charge in [-0.3, -0.25) is 0 Å². The molecule has 0 saturated heterocycles. The van der Waals surface area contributed by atoms with E-state index in [1.165, 1.54) is 0 Å². The van der Waals surface area contributed by atoms with Crippen molar-refractivity contribution in [2.45, 2.75) is 26.2 Å². The second-order valence-electron chi connectivity index (χ2n) is 19.9. The maximum Gasteiger partial charge on any atom is 0.262 e. The van der Waals surface area contributed by atoms with Gasteiger partial charge < -0.3 is 28.9 Å². The fourth-order valence-corrected chi connectivity index (χ4v) is 11.3. The topological polar surface area (TPSA) is 50.3 Å². The predicted octanol–water partition coefficient (Wildman–Crippen LogP) is 12.5. The predicted molar refractivity (Wildman–Crippen MR) is 296 cm³/mol. The highest BCUT2D eigenvalue weighted by molar-refractivity contribution is 7.01. The first-order chi connectivity index (χ1) is 35.3. The monoisotopic (exact) mass is 928 g/mol. The smallest absolute Gasteiger partial charge is 0.262 e. The Hall–Kier alpha value is -8.94. The van der Waals surface area contributed by atoms with E-state index in [4.69, 9.17) is 19.2 Å². The number of aromatic nitrogens is 1. The number of anilines is 9. The first-order valence-electron chi connectivity index (χ1n) is 24.7. The van der Waals surface area contributed by atoms with Crippen molar-refractivity contribution in [1.29, 1.82) is 0 Å². The van der Waals surface area contributed by atoms with Gasteiger partial charge in [0.25, 0.3) is 13.4 Å². The van der Waals surface area contributed by atoms with Crippen molar-refractivity contribution < 1.29 is 14.2 Å². The minimum absolute atomic E-state index is 0.193. The summed E-state index contributed by atoms with van der Waals surface area (Å²) in [6, 6.07) is 79.3. The molecule has 4 aliphatic heterocycles. The molecule has 0 aliphatic carbocycles. The summed E-state index contributed by atoms with van der Waals surface area (Å²) in [5.74, 6) is 4.11. The van der Waals surface area contributed by atoms with Crippen LogP contribution in [0.1, 0.15) is 26.3 Å². The molecule has 72 heavy (non-hydrogen) atoms. The van der Waals surface area contributed by atoms with Gasteiger partial charge >= 0.3 is 0 Å². The van der Waals surface area contributed by atoms with Crippen LogP contribution in [0.3, 0.4) is 0 Å². The van der Waals surface area contributed by atoms with E-state index in [2.05, 4.69) is 242 Å². The van der Waals surface area contributed by atoms with Gasteiger partial charge in [0.1, 0.15) is 23.0 Å². The Bertz CT molecular complexity index is 3660. The Kier molecular flexibility index (Phi) is 9.52. The van der Waals surface area contributed by atoms with Crippen molar-refractivity contribution in [3.8, 4) is 34.8 Å². The van der Waals surface area contributed by atoms with E-state index >= 15 is 0 Å². The Morgan fingerprint density at radius 2 is 0.861 bits per heavy atom. The lowest BCUT2D eigenvalue weighted by molar-refractivity contribution is 0.427. The molecule has 0 N–H and O–H groups in total. The molecule has 14 rings (SSSR count). The average Bonchev–Trinajstić information content (AvgIpc) is 3.41. The molecule has 0 fully saturated rings. The van der Waals surface area contributed by atoms with Gasteiger partial charge in [-0.05, 0) is 129 Å². The van der Waals surface area contributed by atoms with Crippen LogP contribution in [-0.2, 0) is 5.41 Å². The molecule has 7 nitrogen and oxygen atoms in total. The standard InChI is InChI=1S/C63H46B2N4O3/c1-63(2,3)41-35-54-59-56(36-41)71-61-51(64(59)49-34-33-47(37-53(49)69(54)46-29-17-8-18-30-46)67(42-21-9-4-10-22-42)43-23-11-5-12-24-43)40-52-62(66-61)72-58-39-48(38-57-60(58)65(52)50-31-19-20-32-55(50)70-57)68(44-25-13-6-14-26-44)45-27-15-7-16-28-45/h4-40H,1-3H3. The maximum absolute atomic E-state index is 7.19. The highest BCUT2D eigenvalue weighted by atomic mass is 16.5. The van der Waals surface area contributed by atoms with E-state index in [0.29, 0.717) is 17.5 Å². The zero-order valence-electron chi connectivity index (χ0n) is 40.0. The lowest BCUT2D eigenvalue weighted by atomic mass is 9.31. The van der Waals surface area contributed by atoms with E-state index in [0.717, 1.165) is 107 Å². The molecule has 0 spiro atoms. The molecular weight excluding hydrogens is 882 g/mol. The van der Waals surface area contributed by atoms with Gasteiger partial charge in [0, 0.05) is 63.1 Å². The summed E-state index contributed by atoms with van der Waals surface area (Å²) in [6.07, 6.45) is 0. The lowest BCUT2D eigenvalue weighted by Gasteiger charge is -2.42. The fourth-order valence-electron chi connectivity index (χ4n) is 11.3. The summed E-state index contributed by atoms with van der Waals surface area (Å²) < 4.78 is 21.2. The Morgan fingerprint density at radius 1 is 0.375 bits per heavy atom. The molecule has 0 atom stereocenters. The second-order valence-corrected chi connectivity index (χ2v) is 19.9. The molecule has 0 amide bonds. The summed E-state index contributed by atoms with van der Waals surface area (Å²) in [6.45, 7) is 6.35. The highest BCUT2D eigenvalue weighted by Gasteiger charge is 2.47. The quantitative estimate of drug-likeness (QED) is 0.148. The van der Waals surface area contributed by atoms with E-state index in [1.54, 1.807) is 0 Å². The van der Waals surface area contributed by atoms with Crippen molar-refractivity contribution in [2.75, 3.05) is 14.7 Å². The first kappa shape index (κ1) is 42.0. The minimum atomic E-state index is -0.224. The summed E-state index contributed by atoms with van der Waals surface area (Å²) in [4.78, 5) is 12.5. The third kappa shape index (κ3) is 6.72. The third-order valence-corrected chi connectivity index (χ3v) is 14.5. The van der Waals surface area contributed by atoms with Crippen LogP contribution < -0.4 is 61.7 Å². The maximum atomic E-state index is 7.19. The van der Waals surface area contributed by atoms with Crippen LogP contribution in [0.4, 0.5) is 51.2 Å². The number of rotatable bonds is 7. The molecule has 4 aliphatic rings. The summed E-state index contributed by atoms with van der Waals surface area (Å²) in [7, 11) is 0. The van der Waals surface area contributed by atoms with Gasteiger partial charge in [-0.1, -0.05) is 142 Å². The number of nitrogens with zero attached hydrogens (tertiary/aromatic N) is 4. The fraction of sp³-hybridized carbons (Fsp3) is 0.0635. The van der Waals surface area contributed by atoms with E-state index in [9.17, 15) is 0 Å². The molecule has 0 radical (unpaired) electrons. The average molecular weight is 929 g/mol. The van der Waals surface area contributed by atoms with Gasteiger partial charge in [-0.25, -0.2) is 0 Å². The van der Waals surface area contributed by atoms with Crippen molar-refractivity contribution in [3.63, 3.8) is 0 Å². The summed E-state index contributed by atoms with van der Waals surface area (Å²) >= 11 is 0. The van der Waals surface area contributed by atoms with Gasteiger partial charge in [-0.15, -0.1) is 0 Å². The molecule has 0 unspecified atom stereocenters. The van der Waals surface area contributed by atoms with Crippen molar-refractivity contribution >= 4 is 97.4 Å². The molecule has 1 aromatic heterocycles. The van der Waals surface area contributed by atoms with Crippen LogP contribution in [0.15, 0.2) is 224 Å². The number of pyridine rings is 1. The number of ether oxygens (including phenoxy) is 3. The molecule has 0 saturated carbocycles. The molecular formula is C63H46B2N4O3. The Morgan fingerprint density at radius 3 is 1.43 bits per heavy atom. The zero-order chi connectivity index (χ0) is 48.1. The molecule has 10 aromatic rings. The van der Waals surface area contributed by atoms with E-state index in [1.807, 2.05) is 18.2 Å². The summed E-state index contributed by atoms with van der Waals surface area (Å²) in [5, 5.41) is 0. The zero-order valence-corrected chi connectivity index (χ0v) is 40.0. The van der Waals surface area contributed by atoms with Crippen LogP contribution in [0.2, 0.25) is 0 Å². The Labute approximate surface area is 420 Å². The van der Waals surface area contributed by atoms with Crippen molar-refractivity contribution in [1.82, 2.24) is 4.98 Å². The second kappa shape index (κ2) is 16.3. The van der Waals surface area contributed by atoms with Crippen LogP contribution in [0.5, 0.6) is 34.8 Å². The number of benzene rings is 9. The molecule has 342 valence electrons. The number of para-hydroxylation sites is 6. The number of hydrogen-bond donors (Lipinski definition) is 0. The lowest BCUT2D eigenvalue weighted by Crippen LogP contribution is -2.63. The Balaban J connectivity index is 0.989. The van der Waals surface area contributed by atoms with E-state index < -0.39 is 0 Å². The highest BCUT2D eigenvalue weighted by Crippen LogP contribution is 2.47. The van der Waals surface area contributed by atoms with Crippen LogP contribution in [0, 0.1) is 0 Å². The number of fused-ring (bicyclic) bond motifs is 8. The van der Waals surface area contributed by atoms with E-state index in [-0.39, 0.29) is 18.8 Å². The largest absolute Gasteiger partial charge is 0.458 e. The normalized spacial score (nSPS) is 13.2. The third-order valence-electron chi connectivity index (χ3n) is 14.5. The van der Waals surface area contributed by atoms with Crippen LogP contribution in [-0.4, -0.2) is 18.4 Å². The number of hydrogen-bond acceptors (Lipinski definition) is 7.